The highest BCUT2D eigenvalue weighted by atomic mass is 19.4. The third-order valence-electron chi connectivity index (χ3n) is 3.47. The lowest BCUT2D eigenvalue weighted by molar-refractivity contribution is -0.159. The van der Waals surface area contributed by atoms with Gasteiger partial charge in [0.1, 0.15) is 6.33 Å². The van der Waals surface area contributed by atoms with Crippen LogP contribution < -0.4 is 5.32 Å². The summed E-state index contributed by atoms with van der Waals surface area (Å²) in [5.41, 5.74) is 1.07. The van der Waals surface area contributed by atoms with Gasteiger partial charge in [0.25, 0.3) is 0 Å². The van der Waals surface area contributed by atoms with Crippen LogP contribution in [0.2, 0.25) is 0 Å². The lowest BCUT2D eigenvalue weighted by atomic mass is 9.99. The SMILES string of the molecule is CC(C)C(Nc1ncc(-c2noc(C(F)(F)F)n2)cn1)c1cncnc1. The van der Waals surface area contributed by atoms with Crippen LogP contribution in [-0.2, 0) is 6.18 Å². The molecule has 0 bridgehead atoms. The maximum Gasteiger partial charge on any atom is 0.471 e. The Hall–Kier alpha value is -3.11. The molecular weight excluding hydrogens is 351 g/mol. The van der Waals surface area contributed by atoms with Gasteiger partial charge in [-0.3, -0.25) is 0 Å². The summed E-state index contributed by atoms with van der Waals surface area (Å²) in [5.74, 6) is -1.16. The van der Waals surface area contributed by atoms with Crippen LogP contribution in [0.3, 0.4) is 0 Å². The van der Waals surface area contributed by atoms with Crippen molar-refractivity contribution in [2.45, 2.75) is 26.1 Å². The molecule has 1 N–H and O–H groups in total. The molecule has 0 aliphatic rings. The van der Waals surface area contributed by atoms with E-state index >= 15 is 0 Å². The van der Waals surface area contributed by atoms with E-state index in [9.17, 15) is 13.2 Å². The molecule has 3 aromatic rings. The first-order valence-corrected chi connectivity index (χ1v) is 7.59. The normalized spacial score (nSPS) is 13.0. The van der Waals surface area contributed by atoms with E-state index in [1.165, 1.54) is 18.7 Å². The van der Waals surface area contributed by atoms with E-state index in [2.05, 4.69) is 39.9 Å². The van der Waals surface area contributed by atoms with Crippen LogP contribution in [0.25, 0.3) is 11.4 Å². The van der Waals surface area contributed by atoms with Gasteiger partial charge >= 0.3 is 12.1 Å². The fourth-order valence-electron chi connectivity index (χ4n) is 2.22. The third-order valence-corrected chi connectivity index (χ3v) is 3.47. The smallest absolute Gasteiger partial charge is 0.347 e. The second kappa shape index (κ2) is 7.02. The van der Waals surface area contributed by atoms with E-state index in [4.69, 9.17) is 0 Å². The van der Waals surface area contributed by atoms with E-state index in [0.717, 1.165) is 5.56 Å². The first kappa shape index (κ1) is 17.7. The summed E-state index contributed by atoms with van der Waals surface area (Å²) in [6, 6.07) is -0.135. The van der Waals surface area contributed by atoms with Gasteiger partial charge < -0.3 is 9.84 Å². The topological polar surface area (TPSA) is 103 Å². The van der Waals surface area contributed by atoms with Gasteiger partial charge in [0.15, 0.2) is 0 Å². The standard InChI is InChI=1S/C15H14F3N7O/c1-8(2)11(9-3-19-7-20-4-9)23-14-21-5-10(6-22-14)12-24-13(26-25-12)15(16,17)18/h3-8,11H,1-2H3,(H,21,22,23). The molecule has 3 heterocycles. The van der Waals surface area contributed by atoms with Gasteiger partial charge in [0, 0.05) is 30.4 Å². The molecule has 0 aliphatic carbocycles. The maximum atomic E-state index is 12.5. The number of rotatable bonds is 5. The fraction of sp³-hybridized carbons (Fsp3) is 0.333. The van der Waals surface area contributed by atoms with Crippen molar-refractivity contribution in [1.29, 1.82) is 0 Å². The van der Waals surface area contributed by atoms with Crippen LogP contribution in [0.4, 0.5) is 19.1 Å². The largest absolute Gasteiger partial charge is 0.471 e. The van der Waals surface area contributed by atoms with Crippen LogP contribution in [0.15, 0.2) is 35.6 Å². The van der Waals surface area contributed by atoms with E-state index in [1.54, 1.807) is 12.4 Å². The van der Waals surface area contributed by atoms with Crippen molar-refractivity contribution in [3.05, 3.63) is 42.6 Å². The van der Waals surface area contributed by atoms with Gasteiger partial charge in [-0.05, 0) is 5.92 Å². The molecular formula is C15H14F3N7O. The number of nitrogens with zero attached hydrogens (tertiary/aromatic N) is 6. The number of hydrogen-bond donors (Lipinski definition) is 1. The molecule has 0 saturated carbocycles. The highest BCUT2D eigenvalue weighted by molar-refractivity contribution is 5.52. The zero-order chi connectivity index (χ0) is 18.7. The molecule has 1 atom stereocenters. The number of alkyl halides is 3. The predicted molar refractivity (Wildman–Crippen MR) is 83.6 cm³/mol. The molecule has 11 heteroatoms. The molecule has 8 nitrogen and oxygen atoms in total. The van der Waals surface area contributed by atoms with Gasteiger partial charge in [-0.2, -0.15) is 18.2 Å². The van der Waals surface area contributed by atoms with E-state index in [1.807, 2.05) is 13.8 Å². The number of aromatic nitrogens is 6. The van der Waals surface area contributed by atoms with Crippen molar-refractivity contribution >= 4 is 5.95 Å². The lowest BCUT2D eigenvalue weighted by Crippen LogP contribution is -2.18. The highest BCUT2D eigenvalue weighted by Gasteiger charge is 2.38. The molecule has 0 saturated heterocycles. The Kier molecular flexibility index (Phi) is 4.78. The minimum Gasteiger partial charge on any atom is -0.347 e. The molecule has 0 spiro atoms. The summed E-state index contributed by atoms with van der Waals surface area (Å²) in [6.45, 7) is 4.02. The molecule has 0 amide bonds. The first-order valence-electron chi connectivity index (χ1n) is 7.59. The van der Waals surface area contributed by atoms with Crippen LogP contribution in [0.1, 0.15) is 31.3 Å². The van der Waals surface area contributed by atoms with E-state index in [-0.39, 0.29) is 23.3 Å². The summed E-state index contributed by atoms with van der Waals surface area (Å²) >= 11 is 0. The Balaban J connectivity index is 1.78. The molecule has 1 unspecified atom stereocenters. The number of halogens is 3. The molecule has 0 radical (unpaired) electrons. The number of nitrogens with one attached hydrogen (secondary N) is 1. The van der Waals surface area contributed by atoms with Gasteiger partial charge in [0.05, 0.1) is 11.6 Å². The molecule has 0 aromatic carbocycles. The Bertz CT molecular complexity index is 850. The average molecular weight is 365 g/mol. The number of hydrogen-bond acceptors (Lipinski definition) is 8. The Labute approximate surface area is 145 Å². The molecule has 0 aliphatic heterocycles. The van der Waals surface area contributed by atoms with Crippen molar-refractivity contribution in [3.63, 3.8) is 0 Å². The van der Waals surface area contributed by atoms with Crippen molar-refractivity contribution in [2.75, 3.05) is 5.32 Å². The maximum absolute atomic E-state index is 12.5. The van der Waals surface area contributed by atoms with Crippen molar-refractivity contribution < 1.29 is 17.7 Å². The number of anilines is 1. The van der Waals surface area contributed by atoms with Crippen LogP contribution in [0, 0.1) is 5.92 Å². The summed E-state index contributed by atoms with van der Waals surface area (Å²) in [6.07, 6.45) is 2.76. The zero-order valence-corrected chi connectivity index (χ0v) is 13.8. The van der Waals surface area contributed by atoms with Crippen molar-refractivity contribution in [3.8, 4) is 11.4 Å². The van der Waals surface area contributed by atoms with Crippen LogP contribution >= 0.6 is 0 Å². The van der Waals surface area contributed by atoms with Crippen LogP contribution in [0.5, 0.6) is 0 Å². The monoisotopic (exact) mass is 365 g/mol. The first-order chi connectivity index (χ1) is 12.3. The molecule has 136 valence electrons. The Morgan fingerprint density at radius 1 is 1.04 bits per heavy atom. The second-order valence-corrected chi connectivity index (χ2v) is 5.75. The predicted octanol–water partition coefficient (Wildman–Crippen LogP) is 3.14. The highest BCUT2D eigenvalue weighted by Crippen LogP contribution is 2.29. The zero-order valence-electron chi connectivity index (χ0n) is 13.8. The molecule has 3 rings (SSSR count). The van der Waals surface area contributed by atoms with E-state index < -0.39 is 12.1 Å². The fourth-order valence-corrected chi connectivity index (χ4v) is 2.22. The minimum atomic E-state index is -4.70. The summed E-state index contributed by atoms with van der Waals surface area (Å²) < 4.78 is 41.7. The molecule has 26 heavy (non-hydrogen) atoms. The third kappa shape index (κ3) is 3.92. The van der Waals surface area contributed by atoms with Crippen molar-refractivity contribution in [1.82, 2.24) is 30.1 Å². The summed E-state index contributed by atoms with van der Waals surface area (Å²) in [7, 11) is 0. The molecule has 0 fully saturated rings. The minimum absolute atomic E-state index is 0.135. The van der Waals surface area contributed by atoms with Crippen LogP contribution in [-0.4, -0.2) is 30.1 Å². The Morgan fingerprint density at radius 2 is 1.69 bits per heavy atom. The van der Waals surface area contributed by atoms with E-state index in [0.29, 0.717) is 5.95 Å². The quantitative estimate of drug-likeness (QED) is 0.736. The van der Waals surface area contributed by atoms with Gasteiger partial charge in [-0.25, -0.2) is 19.9 Å². The Morgan fingerprint density at radius 3 is 2.23 bits per heavy atom. The van der Waals surface area contributed by atoms with Gasteiger partial charge in [0.2, 0.25) is 11.8 Å². The molecule has 3 aromatic heterocycles. The lowest BCUT2D eigenvalue weighted by Gasteiger charge is -2.22. The van der Waals surface area contributed by atoms with Gasteiger partial charge in [-0.15, -0.1) is 0 Å². The van der Waals surface area contributed by atoms with Crippen molar-refractivity contribution in [2.24, 2.45) is 5.92 Å². The summed E-state index contributed by atoms with van der Waals surface area (Å²) in [4.78, 5) is 19.5. The summed E-state index contributed by atoms with van der Waals surface area (Å²) in [5, 5.41) is 6.45. The van der Waals surface area contributed by atoms with Gasteiger partial charge in [-0.1, -0.05) is 19.0 Å². The average Bonchev–Trinajstić information content (AvgIpc) is 3.11. The second-order valence-electron chi connectivity index (χ2n) is 5.75.